The van der Waals surface area contributed by atoms with Gasteiger partial charge in [0, 0.05) is 17.7 Å². The normalized spacial score (nSPS) is 28.4. The van der Waals surface area contributed by atoms with Crippen molar-refractivity contribution in [2.24, 2.45) is 0 Å². The highest BCUT2D eigenvalue weighted by Gasteiger charge is 2.43. The first-order valence-corrected chi connectivity index (χ1v) is 9.12. The lowest BCUT2D eigenvalue weighted by atomic mass is 9.67. The standard InChI is InChI=1S/C22H21NO3/c1-22-10-11-23(16(13-22)12-15-6-2-3-7-17(15)22)21(24)20-14-25-18-8-4-5-9-19(18)26-20/h2-11,16,20H,12-14H2,1H3/t16-,20-,22-/m1/s1. The van der Waals surface area contributed by atoms with Crippen molar-refractivity contribution in [3.05, 3.63) is 71.9 Å². The Balaban J connectivity index is 1.42. The number of carbonyl (C=O) groups excluding carboxylic acids is 1. The topological polar surface area (TPSA) is 38.8 Å². The molecule has 2 bridgehead atoms. The summed E-state index contributed by atoms with van der Waals surface area (Å²) in [6, 6.07) is 16.2. The van der Waals surface area contributed by atoms with Gasteiger partial charge in [0.2, 0.25) is 6.10 Å². The van der Waals surface area contributed by atoms with Gasteiger partial charge in [0.15, 0.2) is 11.5 Å². The number of allylic oxidation sites excluding steroid dienone is 1. The molecule has 132 valence electrons. The predicted octanol–water partition coefficient (Wildman–Crippen LogP) is 3.46. The second kappa shape index (κ2) is 5.63. The highest BCUT2D eigenvalue weighted by Crippen LogP contribution is 2.43. The van der Waals surface area contributed by atoms with Gasteiger partial charge in [-0.05, 0) is 36.1 Å². The maximum absolute atomic E-state index is 13.1. The lowest BCUT2D eigenvalue weighted by Gasteiger charge is -2.46. The maximum atomic E-state index is 13.1. The van der Waals surface area contributed by atoms with Crippen LogP contribution in [-0.2, 0) is 16.6 Å². The van der Waals surface area contributed by atoms with E-state index in [-0.39, 0.29) is 24.0 Å². The summed E-state index contributed by atoms with van der Waals surface area (Å²) < 4.78 is 11.7. The van der Waals surface area contributed by atoms with Crippen molar-refractivity contribution in [1.29, 1.82) is 0 Å². The van der Waals surface area contributed by atoms with Gasteiger partial charge in [0.05, 0.1) is 0 Å². The van der Waals surface area contributed by atoms with Gasteiger partial charge >= 0.3 is 0 Å². The summed E-state index contributed by atoms with van der Waals surface area (Å²) in [5, 5.41) is 0. The van der Waals surface area contributed by atoms with E-state index >= 15 is 0 Å². The molecule has 2 aromatic rings. The fourth-order valence-electron chi connectivity index (χ4n) is 4.46. The molecule has 1 aliphatic carbocycles. The average Bonchev–Trinajstić information content (AvgIpc) is 2.67. The number of carbonyl (C=O) groups is 1. The number of ether oxygens (including phenoxy) is 2. The van der Waals surface area contributed by atoms with Crippen LogP contribution in [0.3, 0.4) is 0 Å². The highest BCUT2D eigenvalue weighted by molar-refractivity contribution is 5.83. The molecule has 0 radical (unpaired) electrons. The average molecular weight is 347 g/mol. The van der Waals surface area contributed by atoms with Crippen molar-refractivity contribution in [1.82, 2.24) is 4.90 Å². The number of fused-ring (bicyclic) bond motifs is 5. The molecule has 1 amide bonds. The van der Waals surface area contributed by atoms with Crippen LogP contribution in [0.2, 0.25) is 0 Å². The largest absolute Gasteiger partial charge is 0.485 e. The molecule has 0 saturated heterocycles. The Morgan fingerprint density at radius 2 is 1.88 bits per heavy atom. The van der Waals surface area contributed by atoms with Crippen LogP contribution >= 0.6 is 0 Å². The van der Waals surface area contributed by atoms with Crippen molar-refractivity contribution in [3.8, 4) is 11.5 Å². The molecular weight excluding hydrogens is 326 g/mol. The number of hydrogen-bond donors (Lipinski definition) is 0. The Morgan fingerprint density at radius 1 is 1.12 bits per heavy atom. The lowest BCUT2D eigenvalue weighted by Crippen LogP contribution is -2.53. The first kappa shape index (κ1) is 15.5. The Labute approximate surface area is 153 Å². The lowest BCUT2D eigenvalue weighted by molar-refractivity contribution is -0.141. The smallest absolute Gasteiger partial charge is 0.271 e. The first-order chi connectivity index (χ1) is 12.6. The Hall–Kier alpha value is -2.75. The fraction of sp³-hybridized carbons (Fsp3) is 0.318. The zero-order valence-corrected chi connectivity index (χ0v) is 14.7. The van der Waals surface area contributed by atoms with Crippen LogP contribution in [0.1, 0.15) is 24.5 Å². The zero-order chi connectivity index (χ0) is 17.7. The second-order valence-electron chi connectivity index (χ2n) is 7.56. The number of benzene rings is 2. The van der Waals surface area contributed by atoms with Crippen LogP contribution in [0.15, 0.2) is 60.8 Å². The highest BCUT2D eigenvalue weighted by atomic mass is 16.6. The minimum atomic E-state index is -0.601. The third-order valence-electron chi connectivity index (χ3n) is 5.78. The molecule has 0 N–H and O–H groups in total. The van der Waals surface area contributed by atoms with E-state index in [0.29, 0.717) is 11.5 Å². The quantitative estimate of drug-likeness (QED) is 0.793. The number of rotatable bonds is 1. The van der Waals surface area contributed by atoms with Crippen molar-refractivity contribution in [3.63, 3.8) is 0 Å². The van der Waals surface area contributed by atoms with E-state index in [1.54, 1.807) is 0 Å². The van der Waals surface area contributed by atoms with Gasteiger partial charge in [-0.25, -0.2) is 0 Å². The summed E-state index contributed by atoms with van der Waals surface area (Å²) in [7, 11) is 0. The van der Waals surface area contributed by atoms with E-state index in [1.807, 2.05) is 35.4 Å². The first-order valence-electron chi connectivity index (χ1n) is 9.12. The van der Waals surface area contributed by atoms with E-state index in [0.717, 1.165) is 12.8 Å². The second-order valence-corrected chi connectivity index (χ2v) is 7.56. The van der Waals surface area contributed by atoms with Gasteiger partial charge < -0.3 is 14.4 Å². The Bertz CT molecular complexity index is 906. The molecule has 0 saturated carbocycles. The minimum Gasteiger partial charge on any atom is -0.485 e. The molecule has 0 spiro atoms. The van der Waals surface area contributed by atoms with Gasteiger partial charge in [-0.3, -0.25) is 4.79 Å². The van der Waals surface area contributed by atoms with Gasteiger partial charge in [-0.15, -0.1) is 0 Å². The number of para-hydroxylation sites is 2. The molecule has 3 atom stereocenters. The molecule has 0 unspecified atom stereocenters. The monoisotopic (exact) mass is 347 g/mol. The summed E-state index contributed by atoms with van der Waals surface area (Å²) >= 11 is 0. The van der Waals surface area contributed by atoms with E-state index < -0.39 is 6.10 Å². The van der Waals surface area contributed by atoms with Gasteiger partial charge in [-0.1, -0.05) is 49.4 Å². The molecule has 5 rings (SSSR count). The SMILES string of the molecule is C[C@]12C=CN(C(=O)[C@H]3COc4ccccc4O3)[C@H](Cc3ccccc31)C2. The summed E-state index contributed by atoms with van der Waals surface area (Å²) in [5.74, 6) is 1.31. The van der Waals surface area contributed by atoms with Crippen molar-refractivity contribution in [2.45, 2.75) is 37.3 Å². The van der Waals surface area contributed by atoms with Crippen LogP contribution in [0.25, 0.3) is 0 Å². The van der Waals surface area contributed by atoms with E-state index in [1.165, 1.54) is 11.1 Å². The maximum Gasteiger partial charge on any atom is 0.271 e. The summed E-state index contributed by atoms with van der Waals surface area (Å²) in [6.07, 6.45) is 5.34. The van der Waals surface area contributed by atoms with E-state index in [9.17, 15) is 4.79 Å². The third-order valence-corrected chi connectivity index (χ3v) is 5.78. The number of hydrogen-bond acceptors (Lipinski definition) is 3. The molecule has 0 aromatic heterocycles. The van der Waals surface area contributed by atoms with Crippen molar-refractivity contribution in [2.75, 3.05) is 6.61 Å². The van der Waals surface area contributed by atoms with Gasteiger partial charge in [0.25, 0.3) is 5.91 Å². The molecule has 3 aliphatic rings. The molecule has 4 heteroatoms. The van der Waals surface area contributed by atoms with Crippen LogP contribution in [0, 0.1) is 0 Å². The van der Waals surface area contributed by atoms with Crippen molar-refractivity contribution < 1.29 is 14.3 Å². The molecular formula is C22H21NO3. The minimum absolute atomic E-state index is 0.00713. The van der Waals surface area contributed by atoms with Crippen LogP contribution < -0.4 is 9.47 Å². The van der Waals surface area contributed by atoms with Crippen LogP contribution in [-0.4, -0.2) is 29.6 Å². The molecule has 26 heavy (non-hydrogen) atoms. The molecule has 2 heterocycles. The Morgan fingerprint density at radius 3 is 2.77 bits per heavy atom. The fourth-order valence-corrected chi connectivity index (χ4v) is 4.46. The molecule has 2 aromatic carbocycles. The predicted molar refractivity (Wildman–Crippen MR) is 98.2 cm³/mol. The summed E-state index contributed by atoms with van der Waals surface area (Å²) in [6.45, 7) is 2.51. The molecule has 4 nitrogen and oxygen atoms in total. The molecule has 2 aliphatic heterocycles. The number of nitrogens with zero attached hydrogens (tertiary/aromatic N) is 1. The Kier molecular flexibility index (Phi) is 3.36. The van der Waals surface area contributed by atoms with Gasteiger partial charge in [-0.2, -0.15) is 0 Å². The zero-order valence-electron chi connectivity index (χ0n) is 14.7. The number of amides is 1. The van der Waals surface area contributed by atoms with Crippen LogP contribution in [0.5, 0.6) is 11.5 Å². The molecule has 0 fully saturated rings. The van der Waals surface area contributed by atoms with E-state index in [4.69, 9.17) is 9.47 Å². The van der Waals surface area contributed by atoms with Crippen molar-refractivity contribution >= 4 is 5.91 Å². The van der Waals surface area contributed by atoms with Crippen LogP contribution in [0.4, 0.5) is 0 Å². The van der Waals surface area contributed by atoms with E-state index in [2.05, 4.69) is 37.3 Å². The van der Waals surface area contributed by atoms with Gasteiger partial charge in [0.1, 0.15) is 6.61 Å². The summed E-state index contributed by atoms with van der Waals surface area (Å²) in [4.78, 5) is 15.0. The third kappa shape index (κ3) is 2.32. The summed E-state index contributed by atoms with van der Waals surface area (Å²) in [5.41, 5.74) is 2.71.